The van der Waals surface area contributed by atoms with E-state index in [1.807, 2.05) is 11.8 Å². The summed E-state index contributed by atoms with van der Waals surface area (Å²) >= 11 is 5.46. The molecule has 12 heavy (non-hydrogen) atoms. The van der Waals surface area contributed by atoms with Gasteiger partial charge in [0.2, 0.25) is 0 Å². The zero-order valence-electron chi connectivity index (χ0n) is 7.17. The van der Waals surface area contributed by atoms with Crippen LogP contribution in [0.25, 0.3) is 0 Å². The molecule has 0 amide bonds. The van der Waals surface area contributed by atoms with Crippen LogP contribution in [0.2, 0.25) is 0 Å². The molecule has 0 fully saturated rings. The van der Waals surface area contributed by atoms with E-state index in [2.05, 4.69) is 39.6 Å². The van der Waals surface area contributed by atoms with Gasteiger partial charge in [-0.1, -0.05) is 0 Å². The Labute approximate surface area is 84.8 Å². The molecule has 66 valence electrons. The van der Waals surface area contributed by atoms with E-state index in [1.165, 1.54) is 11.3 Å². The Bertz CT molecular complexity index is 306. The van der Waals surface area contributed by atoms with Crippen molar-refractivity contribution >= 4 is 27.7 Å². The van der Waals surface area contributed by atoms with Crippen molar-refractivity contribution in [2.24, 2.45) is 0 Å². The van der Waals surface area contributed by atoms with Crippen LogP contribution in [0.4, 0.5) is 0 Å². The van der Waals surface area contributed by atoms with Crippen LogP contribution in [-0.4, -0.2) is 9.78 Å². The fraction of sp³-hybridized carbons (Fsp3) is 0.625. The molecular formula is C8H11BrN2S. The molecule has 0 atom stereocenters. The van der Waals surface area contributed by atoms with Gasteiger partial charge in [-0.25, -0.2) is 0 Å². The number of hydrogen-bond donors (Lipinski definition) is 0. The second-order valence-corrected chi connectivity index (χ2v) is 4.98. The zero-order valence-corrected chi connectivity index (χ0v) is 9.57. The maximum absolute atomic E-state index is 4.45. The van der Waals surface area contributed by atoms with Gasteiger partial charge in [-0.2, -0.15) is 16.9 Å². The lowest BCUT2D eigenvalue weighted by atomic mass is 10.3. The number of nitrogens with zero attached hydrogens (tertiary/aromatic N) is 2. The second-order valence-electron chi connectivity index (χ2n) is 3.25. The van der Waals surface area contributed by atoms with Crippen molar-refractivity contribution in [2.45, 2.75) is 31.4 Å². The van der Waals surface area contributed by atoms with Gasteiger partial charge in [0.1, 0.15) is 4.60 Å². The first-order valence-corrected chi connectivity index (χ1v) is 5.98. The fourth-order valence-corrected chi connectivity index (χ4v) is 3.28. The molecule has 4 heteroatoms. The van der Waals surface area contributed by atoms with E-state index in [9.17, 15) is 0 Å². The van der Waals surface area contributed by atoms with E-state index >= 15 is 0 Å². The Morgan fingerprint density at radius 2 is 2.25 bits per heavy atom. The second kappa shape index (κ2) is 3.07. The van der Waals surface area contributed by atoms with Gasteiger partial charge in [-0.15, -0.1) is 0 Å². The number of fused-ring (bicyclic) bond motifs is 1. The van der Waals surface area contributed by atoms with E-state index in [-0.39, 0.29) is 0 Å². The lowest BCUT2D eigenvalue weighted by molar-refractivity contribution is 0.515. The van der Waals surface area contributed by atoms with Gasteiger partial charge in [0.15, 0.2) is 0 Å². The topological polar surface area (TPSA) is 17.8 Å². The molecule has 0 spiro atoms. The predicted molar refractivity (Wildman–Crippen MR) is 55.3 cm³/mol. The molecule has 1 aromatic heterocycles. The summed E-state index contributed by atoms with van der Waals surface area (Å²) in [5.74, 6) is 2.23. The largest absolute Gasteiger partial charge is 0.265 e. The summed E-state index contributed by atoms with van der Waals surface area (Å²) in [6, 6.07) is 0.476. The molecule has 0 saturated heterocycles. The normalized spacial score (nSPS) is 15.7. The number of rotatable bonds is 1. The number of hydrogen-bond acceptors (Lipinski definition) is 2. The maximum Gasteiger partial charge on any atom is 0.132 e. The van der Waals surface area contributed by atoms with Crippen LogP contribution in [0.1, 0.15) is 31.1 Å². The molecule has 0 N–H and O–H groups in total. The first kappa shape index (κ1) is 8.63. The Balaban J connectivity index is 2.51. The molecule has 1 aromatic rings. The first-order chi connectivity index (χ1) is 5.70. The molecule has 0 aromatic carbocycles. The van der Waals surface area contributed by atoms with Crippen LogP contribution < -0.4 is 0 Å². The van der Waals surface area contributed by atoms with Crippen LogP contribution in [0.15, 0.2) is 4.60 Å². The summed E-state index contributed by atoms with van der Waals surface area (Å²) in [7, 11) is 0. The average molecular weight is 247 g/mol. The molecule has 0 saturated carbocycles. The minimum atomic E-state index is 0.476. The van der Waals surface area contributed by atoms with Gasteiger partial charge >= 0.3 is 0 Å². The van der Waals surface area contributed by atoms with Crippen LogP contribution >= 0.6 is 27.7 Å². The zero-order chi connectivity index (χ0) is 8.72. The van der Waals surface area contributed by atoms with E-state index in [0.29, 0.717) is 6.04 Å². The van der Waals surface area contributed by atoms with Crippen molar-refractivity contribution in [3.8, 4) is 0 Å². The average Bonchev–Trinajstić information content (AvgIpc) is 2.53. The van der Waals surface area contributed by atoms with Crippen molar-refractivity contribution in [1.29, 1.82) is 0 Å². The summed E-state index contributed by atoms with van der Waals surface area (Å²) in [5.41, 5.74) is 2.80. The van der Waals surface area contributed by atoms with E-state index in [0.717, 1.165) is 16.1 Å². The van der Waals surface area contributed by atoms with Crippen molar-refractivity contribution in [3.05, 3.63) is 15.9 Å². The number of halogens is 1. The molecular weight excluding hydrogens is 236 g/mol. The SMILES string of the molecule is CC(C)n1nc(Br)c2c1CSC2. The molecule has 0 radical (unpaired) electrons. The Morgan fingerprint density at radius 1 is 1.50 bits per heavy atom. The Kier molecular flexibility index (Phi) is 2.21. The molecule has 1 aliphatic rings. The lowest BCUT2D eigenvalue weighted by Crippen LogP contribution is -2.05. The monoisotopic (exact) mass is 246 g/mol. The fourth-order valence-electron chi connectivity index (χ4n) is 1.45. The molecule has 0 unspecified atom stereocenters. The highest BCUT2D eigenvalue weighted by Gasteiger charge is 2.22. The highest BCUT2D eigenvalue weighted by Crippen LogP contribution is 2.35. The van der Waals surface area contributed by atoms with E-state index < -0.39 is 0 Å². The number of aromatic nitrogens is 2. The van der Waals surface area contributed by atoms with Crippen molar-refractivity contribution < 1.29 is 0 Å². The molecule has 2 nitrogen and oxygen atoms in total. The van der Waals surface area contributed by atoms with Crippen molar-refractivity contribution in [3.63, 3.8) is 0 Å². The van der Waals surface area contributed by atoms with Crippen LogP contribution in [-0.2, 0) is 11.5 Å². The van der Waals surface area contributed by atoms with Gasteiger partial charge in [0, 0.05) is 23.1 Å². The van der Waals surface area contributed by atoms with Crippen LogP contribution in [0, 0.1) is 0 Å². The third kappa shape index (κ3) is 1.21. The van der Waals surface area contributed by atoms with Gasteiger partial charge in [0.25, 0.3) is 0 Å². The molecule has 2 heterocycles. The van der Waals surface area contributed by atoms with Crippen molar-refractivity contribution in [1.82, 2.24) is 9.78 Å². The maximum atomic E-state index is 4.45. The van der Waals surface area contributed by atoms with Gasteiger partial charge in [-0.3, -0.25) is 4.68 Å². The Hall–Kier alpha value is 0.0400. The Morgan fingerprint density at radius 3 is 2.92 bits per heavy atom. The van der Waals surface area contributed by atoms with Crippen LogP contribution in [0.5, 0.6) is 0 Å². The van der Waals surface area contributed by atoms with Crippen molar-refractivity contribution in [2.75, 3.05) is 0 Å². The van der Waals surface area contributed by atoms with Gasteiger partial charge < -0.3 is 0 Å². The summed E-state index contributed by atoms with van der Waals surface area (Å²) in [6.07, 6.45) is 0. The first-order valence-electron chi connectivity index (χ1n) is 4.03. The quantitative estimate of drug-likeness (QED) is 0.759. The van der Waals surface area contributed by atoms with Gasteiger partial charge in [0.05, 0.1) is 5.69 Å². The minimum Gasteiger partial charge on any atom is -0.265 e. The molecule has 0 aliphatic carbocycles. The summed E-state index contributed by atoms with van der Waals surface area (Å²) in [4.78, 5) is 0. The van der Waals surface area contributed by atoms with E-state index in [4.69, 9.17) is 0 Å². The standard InChI is InChI=1S/C8H11BrN2S/c1-5(2)11-7-4-12-3-6(7)8(9)10-11/h5H,3-4H2,1-2H3. The highest BCUT2D eigenvalue weighted by molar-refractivity contribution is 9.10. The van der Waals surface area contributed by atoms with E-state index in [1.54, 1.807) is 0 Å². The van der Waals surface area contributed by atoms with Gasteiger partial charge in [-0.05, 0) is 29.8 Å². The third-order valence-corrected chi connectivity index (χ3v) is 3.65. The molecule has 1 aliphatic heterocycles. The highest BCUT2D eigenvalue weighted by atomic mass is 79.9. The molecule has 2 rings (SSSR count). The smallest absolute Gasteiger partial charge is 0.132 e. The van der Waals surface area contributed by atoms with Crippen LogP contribution in [0.3, 0.4) is 0 Å². The molecule has 0 bridgehead atoms. The minimum absolute atomic E-state index is 0.476. The number of thioether (sulfide) groups is 1. The third-order valence-electron chi connectivity index (χ3n) is 2.04. The predicted octanol–water partition coefficient (Wildman–Crippen LogP) is 2.97. The lowest BCUT2D eigenvalue weighted by Gasteiger charge is -2.07. The summed E-state index contributed by atoms with van der Waals surface area (Å²) < 4.78 is 3.16. The summed E-state index contributed by atoms with van der Waals surface area (Å²) in [5, 5.41) is 4.45. The summed E-state index contributed by atoms with van der Waals surface area (Å²) in [6.45, 7) is 4.34.